The van der Waals surface area contributed by atoms with E-state index in [1.165, 1.54) is 0 Å². The molecule has 5 nitrogen and oxygen atoms in total. The van der Waals surface area contributed by atoms with Gasteiger partial charge in [-0.1, -0.05) is 0 Å². The molecule has 1 rings (SSSR count). The molecule has 0 aromatic rings. The zero-order chi connectivity index (χ0) is 8.43. The van der Waals surface area contributed by atoms with Gasteiger partial charge in [0.25, 0.3) is 5.70 Å². The van der Waals surface area contributed by atoms with E-state index in [9.17, 15) is 10.1 Å². The normalized spacial score (nSPS) is 20.5. The molecule has 0 aliphatic carbocycles. The fourth-order valence-corrected chi connectivity index (χ4v) is 1.52. The van der Waals surface area contributed by atoms with Gasteiger partial charge in [0.15, 0.2) is 0 Å². The van der Waals surface area contributed by atoms with Crippen LogP contribution in [-0.4, -0.2) is 28.3 Å². The van der Waals surface area contributed by atoms with Crippen LogP contribution in [0.4, 0.5) is 0 Å². The molecule has 62 valence electrons. The first-order valence-corrected chi connectivity index (χ1v) is 3.86. The summed E-state index contributed by atoms with van der Waals surface area (Å²) in [4.78, 5) is 9.87. The summed E-state index contributed by atoms with van der Waals surface area (Å²) in [7, 11) is 0. The van der Waals surface area contributed by atoms with Crippen molar-refractivity contribution in [3.8, 4) is 0 Å². The smallest absolute Gasteiger partial charge is 0.259 e. The Labute approximate surface area is 71.5 Å². The van der Waals surface area contributed by atoms with E-state index in [1.54, 1.807) is 0 Å². The molecular formula is C5H7BrN2O3. The van der Waals surface area contributed by atoms with E-state index >= 15 is 0 Å². The fourth-order valence-electron chi connectivity index (χ4n) is 0.891. The SMILES string of the molecule is O=[N+]([O-])C1=C(Br)CN(O)CC1. The summed E-state index contributed by atoms with van der Waals surface area (Å²) < 4.78 is 0.455. The van der Waals surface area contributed by atoms with Crippen molar-refractivity contribution < 1.29 is 10.1 Å². The van der Waals surface area contributed by atoms with Crippen LogP contribution in [0.2, 0.25) is 0 Å². The maximum atomic E-state index is 10.3. The minimum Gasteiger partial charge on any atom is -0.314 e. The first kappa shape index (κ1) is 8.63. The molecule has 0 radical (unpaired) electrons. The van der Waals surface area contributed by atoms with Crippen LogP contribution < -0.4 is 0 Å². The number of hydrogen-bond donors (Lipinski definition) is 1. The second-order valence-electron chi connectivity index (χ2n) is 2.25. The Morgan fingerprint density at radius 3 is 2.82 bits per heavy atom. The number of rotatable bonds is 1. The second-order valence-corrected chi connectivity index (χ2v) is 3.20. The quantitative estimate of drug-likeness (QED) is 0.531. The molecule has 0 spiro atoms. The van der Waals surface area contributed by atoms with Gasteiger partial charge in [0.1, 0.15) is 0 Å². The van der Waals surface area contributed by atoms with Gasteiger partial charge < -0.3 is 5.21 Å². The molecule has 6 heteroatoms. The Morgan fingerprint density at radius 2 is 2.36 bits per heavy atom. The Hall–Kier alpha value is -0.460. The van der Waals surface area contributed by atoms with Crippen molar-refractivity contribution in [2.45, 2.75) is 6.42 Å². The van der Waals surface area contributed by atoms with E-state index in [2.05, 4.69) is 15.9 Å². The molecule has 0 unspecified atom stereocenters. The molecule has 1 aliphatic heterocycles. The highest BCUT2D eigenvalue weighted by Gasteiger charge is 2.23. The maximum absolute atomic E-state index is 10.3. The summed E-state index contributed by atoms with van der Waals surface area (Å²) in [6, 6.07) is 0. The highest BCUT2D eigenvalue weighted by atomic mass is 79.9. The number of nitro groups is 1. The molecule has 0 fully saturated rings. The maximum Gasteiger partial charge on any atom is 0.259 e. The van der Waals surface area contributed by atoms with Crippen LogP contribution in [0.25, 0.3) is 0 Å². The Morgan fingerprint density at radius 1 is 1.73 bits per heavy atom. The van der Waals surface area contributed by atoms with Crippen LogP contribution >= 0.6 is 15.9 Å². The van der Waals surface area contributed by atoms with Crippen LogP contribution in [0.1, 0.15) is 6.42 Å². The summed E-state index contributed by atoms with van der Waals surface area (Å²) in [5.41, 5.74) is 0.162. The minimum absolute atomic E-state index is 0.162. The predicted molar refractivity (Wildman–Crippen MR) is 40.9 cm³/mol. The zero-order valence-corrected chi connectivity index (χ0v) is 7.24. The number of hydrogen-bond acceptors (Lipinski definition) is 4. The Bertz CT molecular complexity index is 216. The van der Waals surface area contributed by atoms with Crippen molar-refractivity contribution >= 4 is 15.9 Å². The van der Waals surface area contributed by atoms with Gasteiger partial charge in [-0.3, -0.25) is 10.1 Å². The average molecular weight is 223 g/mol. The monoisotopic (exact) mass is 222 g/mol. The molecule has 0 amide bonds. The van der Waals surface area contributed by atoms with E-state index in [4.69, 9.17) is 5.21 Å². The lowest BCUT2D eigenvalue weighted by Gasteiger charge is -2.18. The molecule has 0 bridgehead atoms. The molecule has 0 aromatic carbocycles. The largest absolute Gasteiger partial charge is 0.314 e. The standard InChI is InChI=1S/C5H7BrN2O3/c6-4-3-7(9)2-1-5(4)8(10)11/h9H,1-3H2. The van der Waals surface area contributed by atoms with Crippen molar-refractivity contribution in [3.63, 3.8) is 0 Å². The van der Waals surface area contributed by atoms with Crippen molar-refractivity contribution in [2.75, 3.05) is 13.1 Å². The number of halogens is 1. The summed E-state index contributed by atoms with van der Waals surface area (Å²) >= 11 is 3.03. The van der Waals surface area contributed by atoms with Crippen LogP contribution in [0.5, 0.6) is 0 Å². The lowest BCUT2D eigenvalue weighted by molar-refractivity contribution is -0.430. The third-order valence-corrected chi connectivity index (χ3v) is 2.17. The van der Waals surface area contributed by atoms with Gasteiger partial charge in [-0.05, 0) is 15.9 Å². The third kappa shape index (κ3) is 1.98. The van der Waals surface area contributed by atoms with E-state index in [1.807, 2.05) is 0 Å². The number of nitrogens with zero attached hydrogens (tertiary/aromatic N) is 2. The molecule has 1 heterocycles. The summed E-state index contributed by atoms with van der Waals surface area (Å²) in [5, 5.41) is 20.3. The van der Waals surface area contributed by atoms with Crippen LogP contribution in [0.15, 0.2) is 10.2 Å². The predicted octanol–water partition coefficient (Wildman–Crippen LogP) is 0.964. The van der Waals surface area contributed by atoms with Gasteiger partial charge in [0.2, 0.25) is 0 Å². The zero-order valence-electron chi connectivity index (χ0n) is 5.66. The summed E-state index contributed by atoms with van der Waals surface area (Å²) in [5.74, 6) is 0. The molecule has 1 N–H and O–H groups in total. The van der Waals surface area contributed by atoms with Gasteiger partial charge in [-0.2, -0.15) is 5.06 Å². The van der Waals surface area contributed by atoms with Gasteiger partial charge in [0, 0.05) is 6.54 Å². The van der Waals surface area contributed by atoms with E-state index in [-0.39, 0.29) is 18.7 Å². The number of hydroxylamine groups is 2. The molecule has 0 aromatic heterocycles. The van der Waals surface area contributed by atoms with Crippen LogP contribution in [0.3, 0.4) is 0 Å². The molecular weight excluding hydrogens is 216 g/mol. The van der Waals surface area contributed by atoms with Gasteiger partial charge in [0.05, 0.1) is 22.4 Å². The lowest BCUT2D eigenvalue weighted by atomic mass is 10.2. The van der Waals surface area contributed by atoms with Crippen molar-refractivity contribution in [1.82, 2.24) is 5.06 Å². The van der Waals surface area contributed by atoms with Crippen LogP contribution in [0, 0.1) is 10.1 Å². The van der Waals surface area contributed by atoms with Crippen molar-refractivity contribution in [3.05, 3.63) is 20.3 Å². The molecule has 0 saturated heterocycles. The fraction of sp³-hybridized carbons (Fsp3) is 0.600. The molecule has 0 saturated carbocycles. The highest BCUT2D eigenvalue weighted by Crippen LogP contribution is 2.21. The van der Waals surface area contributed by atoms with Crippen molar-refractivity contribution in [2.24, 2.45) is 0 Å². The molecule has 0 atom stereocenters. The summed E-state index contributed by atoms with van der Waals surface area (Å²) in [6.07, 6.45) is 0.282. The topological polar surface area (TPSA) is 66.6 Å². The lowest BCUT2D eigenvalue weighted by Crippen LogP contribution is -2.28. The van der Waals surface area contributed by atoms with E-state index in [0.717, 1.165) is 5.06 Å². The van der Waals surface area contributed by atoms with Crippen LogP contribution in [-0.2, 0) is 0 Å². The minimum atomic E-state index is -0.420. The van der Waals surface area contributed by atoms with Gasteiger partial charge >= 0.3 is 0 Å². The van der Waals surface area contributed by atoms with Crippen molar-refractivity contribution in [1.29, 1.82) is 0 Å². The summed E-state index contributed by atoms with van der Waals surface area (Å²) in [6.45, 7) is 0.529. The van der Waals surface area contributed by atoms with E-state index < -0.39 is 4.92 Å². The first-order valence-electron chi connectivity index (χ1n) is 3.07. The second kappa shape index (κ2) is 3.29. The van der Waals surface area contributed by atoms with E-state index in [0.29, 0.717) is 11.0 Å². The highest BCUT2D eigenvalue weighted by molar-refractivity contribution is 9.11. The van der Waals surface area contributed by atoms with Gasteiger partial charge in [-0.25, -0.2) is 0 Å². The Balaban J connectivity index is 2.78. The first-order chi connectivity index (χ1) is 5.11. The molecule has 1 aliphatic rings. The Kier molecular flexibility index (Phi) is 2.58. The third-order valence-electron chi connectivity index (χ3n) is 1.46. The van der Waals surface area contributed by atoms with Gasteiger partial charge in [-0.15, -0.1) is 0 Å². The average Bonchev–Trinajstić information content (AvgIpc) is 1.85. The molecule has 11 heavy (non-hydrogen) atoms.